The summed E-state index contributed by atoms with van der Waals surface area (Å²) in [5, 5.41) is 13.5. The van der Waals surface area contributed by atoms with Crippen LogP contribution in [0.15, 0.2) is 35.3 Å². The van der Waals surface area contributed by atoms with Gasteiger partial charge >= 0.3 is 12.1 Å². The fraction of sp³-hybridized carbons (Fsp3) is 0.588. The third kappa shape index (κ3) is 7.17. The van der Waals surface area contributed by atoms with Crippen molar-refractivity contribution in [1.82, 2.24) is 24.3 Å². The van der Waals surface area contributed by atoms with Gasteiger partial charge in [0.15, 0.2) is 0 Å². The van der Waals surface area contributed by atoms with Crippen molar-refractivity contribution < 1.29 is 19.4 Å². The number of carbonyl (C=O) groups excluding carboxylic acids is 1. The van der Waals surface area contributed by atoms with Crippen molar-refractivity contribution in [2.45, 2.75) is 99.5 Å². The summed E-state index contributed by atoms with van der Waals surface area (Å²) in [4.78, 5) is 44.3. The molecular formula is C34H49N5O5. The van der Waals surface area contributed by atoms with Gasteiger partial charge in [0.05, 0.1) is 17.1 Å². The number of benzene rings is 1. The van der Waals surface area contributed by atoms with Crippen LogP contribution in [0.3, 0.4) is 0 Å². The SMILES string of the molecule is Cc1cc(-c2nc3ccc(CN[C@H](C(=O)OC(C)C)C(C)C)cc3n2CC2CCCN(C(=O)O)C2C(C)(C)C)cn(C)c1=O. The van der Waals surface area contributed by atoms with E-state index in [0.717, 1.165) is 40.8 Å². The van der Waals surface area contributed by atoms with Gasteiger partial charge in [-0.3, -0.25) is 9.59 Å². The fourth-order valence-corrected chi connectivity index (χ4v) is 6.70. The summed E-state index contributed by atoms with van der Waals surface area (Å²) in [6, 6.07) is 7.36. The first kappa shape index (κ1) is 33.2. The summed E-state index contributed by atoms with van der Waals surface area (Å²) < 4.78 is 9.27. The summed E-state index contributed by atoms with van der Waals surface area (Å²) in [6.45, 7) is 17.4. The number of hydrogen-bond acceptors (Lipinski definition) is 6. The summed E-state index contributed by atoms with van der Waals surface area (Å²) >= 11 is 0. The van der Waals surface area contributed by atoms with Crippen molar-refractivity contribution in [2.75, 3.05) is 6.54 Å². The van der Waals surface area contributed by atoms with Crippen molar-refractivity contribution in [2.24, 2.45) is 24.3 Å². The number of pyridine rings is 1. The zero-order valence-corrected chi connectivity index (χ0v) is 27.7. The maximum absolute atomic E-state index is 12.8. The first-order valence-electron chi connectivity index (χ1n) is 15.7. The van der Waals surface area contributed by atoms with Crippen LogP contribution in [0.5, 0.6) is 0 Å². The van der Waals surface area contributed by atoms with Gasteiger partial charge < -0.3 is 29.2 Å². The number of fused-ring (bicyclic) bond motifs is 1. The van der Waals surface area contributed by atoms with Crippen LogP contribution in [-0.4, -0.2) is 60.9 Å². The Kier molecular flexibility index (Phi) is 9.93. The van der Waals surface area contributed by atoms with E-state index in [1.807, 2.05) is 52.1 Å². The minimum atomic E-state index is -0.886. The molecule has 0 bridgehead atoms. The molecule has 240 valence electrons. The highest BCUT2D eigenvalue weighted by Gasteiger charge is 2.42. The number of imidazole rings is 1. The molecule has 2 aromatic heterocycles. The van der Waals surface area contributed by atoms with E-state index >= 15 is 0 Å². The lowest BCUT2D eigenvalue weighted by Crippen LogP contribution is -2.55. The molecule has 0 spiro atoms. The number of esters is 1. The Bertz CT molecular complexity index is 1540. The van der Waals surface area contributed by atoms with Gasteiger partial charge in [-0.15, -0.1) is 0 Å². The quantitative estimate of drug-likeness (QED) is 0.305. The van der Waals surface area contributed by atoms with Crippen LogP contribution in [0, 0.1) is 24.2 Å². The Morgan fingerprint density at radius 1 is 1.16 bits per heavy atom. The van der Waals surface area contributed by atoms with Gasteiger partial charge in [-0.1, -0.05) is 40.7 Å². The van der Waals surface area contributed by atoms with Crippen LogP contribution in [0.1, 0.15) is 72.4 Å². The zero-order chi connectivity index (χ0) is 32.5. The third-order valence-electron chi connectivity index (χ3n) is 8.54. The molecule has 4 rings (SSSR count). The maximum atomic E-state index is 12.8. The largest absolute Gasteiger partial charge is 0.465 e. The third-order valence-corrected chi connectivity index (χ3v) is 8.54. The normalized spacial score (nSPS) is 18.3. The highest BCUT2D eigenvalue weighted by Crippen LogP contribution is 2.38. The molecule has 1 aliphatic rings. The van der Waals surface area contributed by atoms with Crippen molar-refractivity contribution >= 4 is 23.1 Å². The van der Waals surface area contributed by atoms with Gasteiger partial charge in [0.25, 0.3) is 5.56 Å². The molecule has 1 aromatic carbocycles. The predicted octanol–water partition coefficient (Wildman–Crippen LogP) is 5.58. The predicted molar refractivity (Wildman–Crippen MR) is 173 cm³/mol. The molecule has 44 heavy (non-hydrogen) atoms. The summed E-state index contributed by atoms with van der Waals surface area (Å²) in [5.74, 6) is 0.585. The minimum absolute atomic E-state index is 0.0490. The lowest BCUT2D eigenvalue weighted by atomic mass is 9.74. The number of likely N-dealkylation sites (tertiary alicyclic amines) is 1. The Balaban J connectivity index is 1.79. The van der Waals surface area contributed by atoms with E-state index < -0.39 is 12.1 Å². The second kappa shape index (κ2) is 13.1. The molecule has 10 nitrogen and oxygen atoms in total. The Hall–Kier alpha value is -3.66. The average molecular weight is 608 g/mol. The number of rotatable bonds is 9. The monoisotopic (exact) mass is 607 g/mol. The Morgan fingerprint density at radius 2 is 1.86 bits per heavy atom. The minimum Gasteiger partial charge on any atom is -0.465 e. The van der Waals surface area contributed by atoms with Crippen molar-refractivity contribution in [1.29, 1.82) is 0 Å². The fourth-order valence-electron chi connectivity index (χ4n) is 6.70. The molecule has 1 saturated heterocycles. The molecule has 1 fully saturated rings. The second-order valence-electron chi connectivity index (χ2n) is 14.0. The molecule has 1 aliphatic heterocycles. The lowest BCUT2D eigenvalue weighted by Gasteiger charge is -2.47. The highest BCUT2D eigenvalue weighted by atomic mass is 16.5. The maximum Gasteiger partial charge on any atom is 0.407 e. The molecule has 0 radical (unpaired) electrons. The molecule has 1 amide bonds. The smallest absolute Gasteiger partial charge is 0.407 e. The first-order chi connectivity index (χ1) is 20.6. The van der Waals surface area contributed by atoms with E-state index in [1.165, 1.54) is 0 Å². The van der Waals surface area contributed by atoms with E-state index in [0.29, 0.717) is 25.2 Å². The second-order valence-corrected chi connectivity index (χ2v) is 14.0. The topological polar surface area (TPSA) is 119 Å². The van der Waals surface area contributed by atoms with Crippen molar-refractivity contribution in [3.05, 3.63) is 51.9 Å². The van der Waals surface area contributed by atoms with E-state index in [2.05, 4.69) is 36.7 Å². The average Bonchev–Trinajstić information content (AvgIpc) is 3.27. The van der Waals surface area contributed by atoms with Crippen molar-refractivity contribution in [3.8, 4) is 11.4 Å². The highest BCUT2D eigenvalue weighted by molar-refractivity contribution is 5.81. The van der Waals surface area contributed by atoms with Gasteiger partial charge in [0.1, 0.15) is 11.9 Å². The van der Waals surface area contributed by atoms with Crippen molar-refractivity contribution in [3.63, 3.8) is 0 Å². The number of aromatic nitrogens is 3. The number of hydrogen-bond donors (Lipinski definition) is 2. The van der Waals surface area contributed by atoms with Crippen LogP contribution in [0.25, 0.3) is 22.4 Å². The van der Waals surface area contributed by atoms with E-state index in [9.17, 15) is 19.5 Å². The van der Waals surface area contributed by atoms with Gasteiger partial charge in [0, 0.05) is 50.0 Å². The van der Waals surface area contributed by atoms with Gasteiger partial charge in [-0.2, -0.15) is 0 Å². The van der Waals surface area contributed by atoms with Crippen LogP contribution >= 0.6 is 0 Å². The Morgan fingerprint density at radius 3 is 2.45 bits per heavy atom. The first-order valence-corrected chi connectivity index (χ1v) is 15.7. The molecule has 2 unspecified atom stereocenters. The molecule has 0 aliphatic carbocycles. The number of amides is 1. The van der Waals surface area contributed by atoms with Gasteiger partial charge in [-0.25, -0.2) is 9.78 Å². The molecule has 3 heterocycles. The molecule has 3 atom stereocenters. The number of aryl methyl sites for hydroxylation is 2. The number of nitrogens with zero attached hydrogens (tertiary/aromatic N) is 4. The van der Waals surface area contributed by atoms with Crippen LogP contribution in [0.2, 0.25) is 0 Å². The van der Waals surface area contributed by atoms with E-state index in [-0.39, 0.29) is 40.9 Å². The summed E-state index contributed by atoms with van der Waals surface area (Å²) in [5.41, 5.74) is 3.87. The summed E-state index contributed by atoms with van der Waals surface area (Å²) in [7, 11) is 1.74. The number of piperidine rings is 1. The van der Waals surface area contributed by atoms with E-state index in [4.69, 9.17) is 9.72 Å². The molecule has 3 aromatic rings. The van der Waals surface area contributed by atoms with E-state index in [1.54, 1.807) is 23.4 Å². The van der Waals surface area contributed by atoms with Crippen LogP contribution in [-0.2, 0) is 29.7 Å². The van der Waals surface area contributed by atoms with Crippen LogP contribution in [0.4, 0.5) is 4.79 Å². The standard InChI is InChI=1S/C34H49N5O5/c1-20(2)28(32(41)44-21(3)4)35-17-23-12-13-26-27(16-23)39(30(36-26)25-15-22(5)31(40)37(9)18-25)19-24-11-10-14-38(33(42)43)29(24)34(6,7)8/h12-13,15-16,18,20-21,24,28-29,35H,10-11,14,17,19H2,1-9H3,(H,42,43)/t24?,28-,29?/m0/s1. The molecular weight excluding hydrogens is 558 g/mol. The number of carbonyl (C=O) groups is 2. The zero-order valence-electron chi connectivity index (χ0n) is 27.7. The molecule has 2 N–H and O–H groups in total. The summed E-state index contributed by atoms with van der Waals surface area (Å²) in [6.07, 6.45) is 2.43. The Labute approximate surface area is 260 Å². The number of nitrogens with one attached hydrogen (secondary N) is 1. The van der Waals surface area contributed by atoms with Gasteiger partial charge in [-0.05, 0) is 74.6 Å². The lowest BCUT2D eigenvalue weighted by molar-refractivity contribution is -0.151. The number of carboxylic acid groups (broad SMARTS) is 1. The number of ether oxygens (including phenoxy) is 1. The van der Waals surface area contributed by atoms with Crippen LogP contribution < -0.4 is 10.9 Å². The van der Waals surface area contributed by atoms with Gasteiger partial charge in [0.2, 0.25) is 0 Å². The molecule has 10 heteroatoms. The molecule has 0 saturated carbocycles.